The van der Waals surface area contributed by atoms with Gasteiger partial charge in [-0.1, -0.05) is 38.2 Å². The third-order valence-corrected chi connectivity index (χ3v) is 4.65. The van der Waals surface area contributed by atoms with Crippen LogP contribution in [0.4, 0.5) is 0 Å². The monoisotopic (exact) mass is 300 g/mol. The molecule has 1 aromatic carbocycles. The molecule has 3 rings (SSSR count). The average Bonchev–Trinajstić information content (AvgIpc) is 3.00. The maximum Gasteiger partial charge on any atom is 0.267 e. The Morgan fingerprint density at radius 1 is 1.32 bits per heavy atom. The van der Waals surface area contributed by atoms with E-state index in [1.54, 1.807) is 7.11 Å². The lowest BCUT2D eigenvalue weighted by molar-refractivity contribution is 0.0946. The number of hydrogen-bond acceptors (Lipinski definition) is 2. The third kappa shape index (κ3) is 3.26. The normalized spacial score (nSPS) is 15.9. The molecule has 2 N–H and O–H groups in total. The molecule has 2 aromatic rings. The number of amides is 1. The second-order valence-electron chi connectivity index (χ2n) is 6.15. The molecule has 1 fully saturated rings. The van der Waals surface area contributed by atoms with Gasteiger partial charge in [-0.3, -0.25) is 4.79 Å². The summed E-state index contributed by atoms with van der Waals surface area (Å²) in [7, 11) is 1.64. The van der Waals surface area contributed by atoms with Crippen molar-refractivity contribution in [2.45, 2.75) is 38.5 Å². The minimum Gasteiger partial charge on any atom is -0.496 e. The zero-order valence-electron chi connectivity index (χ0n) is 13.2. The van der Waals surface area contributed by atoms with Crippen molar-refractivity contribution in [1.82, 2.24) is 10.3 Å². The van der Waals surface area contributed by atoms with Crippen molar-refractivity contribution in [3.63, 3.8) is 0 Å². The molecule has 0 bridgehead atoms. The van der Waals surface area contributed by atoms with Crippen LogP contribution < -0.4 is 10.1 Å². The van der Waals surface area contributed by atoms with E-state index in [1.807, 2.05) is 24.3 Å². The van der Waals surface area contributed by atoms with Crippen LogP contribution in [0.1, 0.15) is 49.0 Å². The number of H-pyrrole nitrogens is 1. The van der Waals surface area contributed by atoms with Crippen molar-refractivity contribution < 1.29 is 9.53 Å². The number of aromatic amines is 1. The Balaban J connectivity index is 1.60. The van der Waals surface area contributed by atoms with Gasteiger partial charge in [0.2, 0.25) is 0 Å². The van der Waals surface area contributed by atoms with Gasteiger partial charge in [0.1, 0.15) is 11.4 Å². The molecule has 22 heavy (non-hydrogen) atoms. The highest BCUT2D eigenvalue weighted by Gasteiger charge is 2.15. The summed E-state index contributed by atoms with van der Waals surface area (Å²) in [6.07, 6.45) is 7.80. The Morgan fingerprint density at radius 3 is 2.91 bits per heavy atom. The minimum atomic E-state index is -0.0333. The van der Waals surface area contributed by atoms with Gasteiger partial charge in [-0.05, 0) is 30.5 Å². The van der Waals surface area contributed by atoms with Crippen LogP contribution in [0.15, 0.2) is 24.3 Å². The fraction of sp³-hybridized carbons (Fsp3) is 0.500. The highest BCUT2D eigenvalue weighted by Crippen LogP contribution is 2.27. The number of methoxy groups -OCH3 is 1. The van der Waals surface area contributed by atoms with Gasteiger partial charge in [0, 0.05) is 17.4 Å². The molecule has 1 amide bonds. The van der Waals surface area contributed by atoms with Crippen LogP contribution in [0.5, 0.6) is 5.75 Å². The van der Waals surface area contributed by atoms with Gasteiger partial charge in [0.15, 0.2) is 0 Å². The Bertz CT molecular complexity index is 642. The Hall–Kier alpha value is -1.97. The Labute approximate surface area is 131 Å². The van der Waals surface area contributed by atoms with Gasteiger partial charge in [-0.15, -0.1) is 0 Å². The van der Waals surface area contributed by atoms with Gasteiger partial charge in [0.25, 0.3) is 5.91 Å². The van der Waals surface area contributed by atoms with Crippen LogP contribution >= 0.6 is 0 Å². The molecular formula is C18H24N2O2. The second-order valence-corrected chi connectivity index (χ2v) is 6.15. The molecule has 4 nitrogen and oxygen atoms in total. The first-order valence-corrected chi connectivity index (χ1v) is 8.22. The lowest BCUT2D eigenvalue weighted by Gasteiger charge is -2.21. The number of carbonyl (C=O) groups is 1. The highest BCUT2D eigenvalue weighted by atomic mass is 16.5. The summed E-state index contributed by atoms with van der Waals surface area (Å²) in [4.78, 5) is 15.4. The van der Waals surface area contributed by atoms with Crippen LogP contribution in [0.3, 0.4) is 0 Å². The first-order valence-electron chi connectivity index (χ1n) is 8.22. The van der Waals surface area contributed by atoms with Crippen molar-refractivity contribution in [1.29, 1.82) is 0 Å². The zero-order valence-corrected chi connectivity index (χ0v) is 13.2. The molecule has 0 unspecified atom stereocenters. The molecule has 118 valence electrons. The second kappa shape index (κ2) is 6.86. The average molecular weight is 300 g/mol. The van der Waals surface area contributed by atoms with Gasteiger partial charge < -0.3 is 15.0 Å². The maximum absolute atomic E-state index is 12.3. The number of hydrogen-bond donors (Lipinski definition) is 2. The molecule has 0 spiro atoms. The summed E-state index contributed by atoms with van der Waals surface area (Å²) in [6, 6.07) is 7.64. The molecule has 0 atom stereocenters. The van der Waals surface area contributed by atoms with E-state index in [0.717, 1.165) is 35.5 Å². The summed E-state index contributed by atoms with van der Waals surface area (Å²) in [5, 5.41) is 3.98. The number of benzene rings is 1. The van der Waals surface area contributed by atoms with E-state index in [1.165, 1.54) is 32.1 Å². The van der Waals surface area contributed by atoms with E-state index in [-0.39, 0.29) is 5.91 Å². The molecule has 4 heteroatoms. The number of carbonyl (C=O) groups excluding carboxylic acids is 1. The van der Waals surface area contributed by atoms with E-state index in [9.17, 15) is 4.79 Å². The summed E-state index contributed by atoms with van der Waals surface area (Å²) in [5.41, 5.74) is 1.53. The molecule has 1 aliphatic rings. The van der Waals surface area contributed by atoms with Gasteiger partial charge in [-0.25, -0.2) is 0 Å². The van der Waals surface area contributed by atoms with Crippen LogP contribution in [-0.4, -0.2) is 24.5 Å². The zero-order chi connectivity index (χ0) is 15.4. The minimum absolute atomic E-state index is 0.0333. The standard InChI is InChI=1S/C18H24N2O2/c1-22-17-9-5-8-15-14(17)12-16(20-15)18(21)19-11-10-13-6-3-2-4-7-13/h5,8-9,12-13,20H,2-4,6-7,10-11H2,1H3,(H,19,21). The third-order valence-electron chi connectivity index (χ3n) is 4.65. The molecule has 0 aliphatic heterocycles. The summed E-state index contributed by atoms with van der Waals surface area (Å²) >= 11 is 0. The summed E-state index contributed by atoms with van der Waals surface area (Å²) in [5.74, 6) is 1.54. The summed E-state index contributed by atoms with van der Waals surface area (Å²) in [6.45, 7) is 0.760. The fourth-order valence-corrected chi connectivity index (χ4v) is 3.39. The van der Waals surface area contributed by atoms with Gasteiger partial charge in [0.05, 0.1) is 7.11 Å². The Morgan fingerprint density at radius 2 is 2.14 bits per heavy atom. The largest absolute Gasteiger partial charge is 0.496 e. The molecular weight excluding hydrogens is 276 g/mol. The summed E-state index contributed by atoms with van der Waals surface area (Å²) < 4.78 is 5.33. The molecule has 0 saturated heterocycles. The molecule has 0 radical (unpaired) electrons. The number of ether oxygens (including phenoxy) is 1. The van der Waals surface area contributed by atoms with E-state index >= 15 is 0 Å². The van der Waals surface area contributed by atoms with Crippen LogP contribution in [-0.2, 0) is 0 Å². The lowest BCUT2D eigenvalue weighted by Crippen LogP contribution is -2.26. The maximum atomic E-state index is 12.3. The predicted molar refractivity (Wildman–Crippen MR) is 88.4 cm³/mol. The predicted octanol–water partition coefficient (Wildman–Crippen LogP) is 3.88. The van der Waals surface area contributed by atoms with Gasteiger partial charge >= 0.3 is 0 Å². The van der Waals surface area contributed by atoms with Crippen molar-refractivity contribution in [3.05, 3.63) is 30.0 Å². The fourth-order valence-electron chi connectivity index (χ4n) is 3.39. The quantitative estimate of drug-likeness (QED) is 0.880. The molecule has 1 aromatic heterocycles. The van der Waals surface area contributed by atoms with Crippen molar-refractivity contribution >= 4 is 16.8 Å². The van der Waals surface area contributed by atoms with E-state index < -0.39 is 0 Å². The van der Waals surface area contributed by atoms with Crippen molar-refractivity contribution in [2.75, 3.05) is 13.7 Å². The highest BCUT2D eigenvalue weighted by molar-refractivity contribution is 5.99. The van der Waals surface area contributed by atoms with Crippen molar-refractivity contribution in [2.24, 2.45) is 5.92 Å². The van der Waals surface area contributed by atoms with Crippen LogP contribution in [0, 0.1) is 5.92 Å². The topological polar surface area (TPSA) is 54.1 Å². The number of nitrogens with one attached hydrogen (secondary N) is 2. The van der Waals surface area contributed by atoms with Gasteiger partial charge in [-0.2, -0.15) is 0 Å². The van der Waals surface area contributed by atoms with Crippen LogP contribution in [0.2, 0.25) is 0 Å². The Kier molecular flexibility index (Phi) is 4.66. The SMILES string of the molecule is COc1cccc2[nH]c(C(=O)NCCC3CCCCC3)cc12. The van der Waals surface area contributed by atoms with E-state index in [2.05, 4.69) is 10.3 Å². The molecule has 1 heterocycles. The van der Waals surface area contributed by atoms with Crippen molar-refractivity contribution in [3.8, 4) is 5.75 Å². The van der Waals surface area contributed by atoms with Crippen LogP contribution in [0.25, 0.3) is 10.9 Å². The molecule has 1 saturated carbocycles. The number of aromatic nitrogens is 1. The number of fused-ring (bicyclic) bond motifs is 1. The smallest absolute Gasteiger partial charge is 0.267 e. The van der Waals surface area contributed by atoms with E-state index in [4.69, 9.17) is 4.74 Å². The first-order chi connectivity index (χ1) is 10.8. The van der Waals surface area contributed by atoms with E-state index in [0.29, 0.717) is 5.69 Å². The molecule has 1 aliphatic carbocycles. The number of rotatable bonds is 5. The first kappa shape index (κ1) is 14.9. The lowest BCUT2D eigenvalue weighted by atomic mass is 9.87.